The van der Waals surface area contributed by atoms with Crippen molar-refractivity contribution in [1.82, 2.24) is 5.32 Å². The van der Waals surface area contributed by atoms with Crippen molar-refractivity contribution in [2.24, 2.45) is 11.7 Å². The molecule has 4 heteroatoms. The first-order valence-electron chi connectivity index (χ1n) is 7.74. The van der Waals surface area contributed by atoms with E-state index >= 15 is 0 Å². The predicted octanol–water partition coefficient (Wildman–Crippen LogP) is 2.28. The Balaban J connectivity index is 2.05. The van der Waals surface area contributed by atoms with Gasteiger partial charge in [0.15, 0.2) is 0 Å². The van der Waals surface area contributed by atoms with Gasteiger partial charge in [0.2, 0.25) is 5.91 Å². The number of rotatable bonds is 4. The quantitative estimate of drug-likeness (QED) is 0.894. The maximum absolute atomic E-state index is 11.3. The van der Waals surface area contributed by atoms with Crippen LogP contribution in [0.1, 0.15) is 39.2 Å². The first kappa shape index (κ1) is 15.8. The molecule has 3 N–H and O–H groups in total. The van der Waals surface area contributed by atoms with Crippen molar-refractivity contribution in [2.75, 3.05) is 18.0 Å². The summed E-state index contributed by atoms with van der Waals surface area (Å²) >= 11 is 0. The second-order valence-electron chi connectivity index (χ2n) is 6.90. The maximum atomic E-state index is 11.3. The van der Waals surface area contributed by atoms with Crippen LogP contribution in [0.3, 0.4) is 0 Å². The highest BCUT2D eigenvalue weighted by Gasteiger charge is 2.24. The van der Waals surface area contributed by atoms with Crippen molar-refractivity contribution in [3.8, 4) is 0 Å². The summed E-state index contributed by atoms with van der Waals surface area (Å²) in [6.45, 7) is 9.19. The number of primary amides is 1. The summed E-state index contributed by atoms with van der Waals surface area (Å²) < 4.78 is 0. The number of carbonyl (C=O) groups excluding carboxylic acids is 1. The van der Waals surface area contributed by atoms with Crippen molar-refractivity contribution in [1.29, 1.82) is 0 Å². The third kappa shape index (κ3) is 4.46. The molecule has 1 aliphatic heterocycles. The molecular formula is C17H27N3O. The third-order valence-corrected chi connectivity index (χ3v) is 4.04. The lowest BCUT2D eigenvalue weighted by Crippen LogP contribution is -2.40. The average Bonchev–Trinajstić information content (AvgIpc) is 2.45. The summed E-state index contributed by atoms with van der Waals surface area (Å²) in [5.74, 6) is -0.113. The number of carbonyl (C=O) groups is 1. The number of benzene rings is 1. The molecule has 0 aromatic heterocycles. The highest BCUT2D eigenvalue weighted by molar-refractivity contribution is 5.77. The van der Waals surface area contributed by atoms with Crippen LogP contribution in [0.4, 0.5) is 5.69 Å². The van der Waals surface area contributed by atoms with Gasteiger partial charge in [-0.15, -0.1) is 0 Å². The number of nitrogens with zero attached hydrogens (tertiary/aromatic N) is 1. The number of piperidine rings is 1. The third-order valence-electron chi connectivity index (χ3n) is 4.04. The van der Waals surface area contributed by atoms with E-state index in [1.54, 1.807) is 0 Å². The zero-order valence-corrected chi connectivity index (χ0v) is 13.4. The number of amides is 1. The van der Waals surface area contributed by atoms with Gasteiger partial charge in [-0.1, -0.05) is 18.2 Å². The van der Waals surface area contributed by atoms with Crippen LogP contribution in [0.5, 0.6) is 0 Å². The first-order chi connectivity index (χ1) is 9.87. The summed E-state index contributed by atoms with van der Waals surface area (Å²) in [5.41, 5.74) is 8.10. The molecule has 1 aliphatic rings. The molecule has 0 radical (unpaired) electrons. The zero-order valence-electron chi connectivity index (χ0n) is 13.4. The van der Waals surface area contributed by atoms with Crippen LogP contribution in [0.25, 0.3) is 0 Å². The van der Waals surface area contributed by atoms with Gasteiger partial charge in [0, 0.05) is 36.8 Å². The molecule has 1 aromatic carbocycles. The maximum Gasteiger partial charge on any atom is 0.220 e. The van der Waals surface area contributed by atoms with E-state index in [4.69, 9.17) is 5.73 Å². The van der Waals surface area contributed by atoms with E-state index in [1.807, 2.05) is 0 Å². The molecule has 0 saturated carbocycles. The molecule has 1 saturated heterocycles. The molecule has 0 unspecified atom stereocenters. The fourth-order valence-electron chi connectivity index (χ4n) is 2.73. The summed E-state index contributed by atoms with van der Waals surface area (Å²) in [6, 6.07) is 8.51. The van der Waals surface area contributed by atoms with Crippen LogP contribution in [0, 0.1) is 5.92 Å². The van der Waals surface area contributed by atoms with Gasteiger partial charge in [0.25, 0.3) is 0 Å². The molecule has 1 amide bonds. The zero-order chi connectivity index (χ0) is 15.5. The first-order valence-corrected chi connectivity index (χ1v) is 7.74. The summed E-state index contributed by atoms with van der Waals surface area (Å²) in [7, 11) is 0. The SMILES string of the molecule is CC(C)(C)NCc1ccccc1N1CCC(C(N)=O)CC1. The fraction of sp³-hybridized carbons (Fsp3) is 0.588. The van der Waals surface area contributed by atoms with E-state index in [0.717, 1.165) is 32.5 Å². The summed E-state index contributed by atoms with van der Waals surface area (Å²) in [4.78, 5) is 13.6. The highest BCUT2D eigenvalue weighted by atomic mass is 16.1. The topological polar surface area (TPSA) is 58.4 Å². The Morgan fingerprint density at radius 2 is 1.90 bits per heavy atom. The normalized spacial score (nSPS) is 17.0. The second kappa shape index (κ2) is 6.48. The molecule has 21 heavy (non-hydrogen) atoms. The largest absolute Gasteiger partial charge is 0.371 e. The van der Waals surface area contributed by atoms with Gasteiger partial charge in [-0.3, -0.25) is 4.79 Å². The van der Waals surface area contributed by atoms with Crippen LogP contribution < -0.4 is 16.0 Å². The lowest BCUT2D eigenvalue weighted by atomic mass is 9.95. The Kier molecular flexibility index (Phi) is 4.88. The van der Waals surface area contributed by atoms with Gasteiger partial charge in [0.05, 0.1) is 0 Å². The molecule has 1 aromatic rings. The van der Waals surface area contributed by atoms with Gasteiger partial charge in [0.1, 0.15) is 0 Å². The van der Waals surface area contributed by atoms with E-state index in [9.17, 15) is 4.79 Å². The monoisotopic (exact) mass is 289 g/mol. The van der Waals surface area contributed by atoms with E-state index in [2.05, 4.69) is 55.3 Å². The van der Waals surface area contributed by atoms with E-state index in [0.29, 0.717) is 0 Å². The minimum absolute atomic E-state index is 0.0427. The minimum atomic E-state index is -0.155. The Bertz CT molecular complexity index is 485. The lowest BCUT2D eigenvalue weighted by molar-refractivity contribution is -0.122. The molecule has 0 atom stereocenters. The van der Waals surface area contributed by atoms with E-state index in [-0.39, 0.29) is 17.4 Å². The fourth-order valence-corrected chi connectivity index (χ4v) is 2.73. The van der Waals surface area contributed by atoms with Crippen molar-refractivity contribution >= 4 is 11.6 Å². The number of nitrogens with two attached hydrogens (primary N) is 1. The molecule has 0 spiro atoms. The van der Waals surface area contributed by atoms with Crippen molar-refractivity contribution in [3.05, 3.63) is 29.8 Å². The van der Waals surface area contributed by atoms with Gasteiger partial charge in [-0.05, 0) is 45.2 Å². The van der Waals surface area contributed by atoms with Crippen molar-refractivity contribution < 1.29 is 4.79 Å². The molecule has 2 rings (SSSR count). The minimum Gasteiger partial charge on any atom is -0.371 e. The Morgan fingerprint density at radius 1 is 1.29 bits per heavy atom. The van der Waals surface area contributed by atoms with Crippen LogP contribution in [0.2, 0.25) is 0 Å². The molecule has 1 fully saturated rings. The number of hydrogen-bond acceptors (Lipinski definition) is 3. The molecule has 116 valence electrons. The second-order valence-corrected chi connectivity index (χ2v) is 6.90. The Morgan fingerprint density at radius 3 is 2.48 bits per heavy atom. The van der Waals surface area contributed by atoms with Gasteiger partial charge >= 0.3 is 0 Å². The Labute approximate surface area is 127 Å². The highest BCUT2D eigenvalue weighted by Crippen LogP contribution is 2.26. The van der Waals surface area contributed by atoms with E-state index < -0.39 is 0 Å². The van der Waals surface area contributed by atoms with Gasteiger partial charge < -0.3 is 16.0 Å². The van der Waals surface area contributed by atoms with Crippen LogP contribution in [0.15, 0.2) is 24.3 Å². The van der Waals surface area contributed by atoms with Crippen LogP contribution in [-0.4, -0.2) is 24.5 Å². The molecular weight excluding hydrogens is 262 g/mol. The number of hydrogen-bond donors (Lipinski definition) is 2. The number of anilines is 1. The number of para-hydroxylation sites is 1. The molecule has 1 heterocycles. The summed E-state index contributed by atoms with van der Waals surface area (Å²) in [5, 5.41) is 3.54. The Hall–Kier alpha value is -1.55. The van der Waals surface area contributed by atoms with Gasteiger partial charge in [-0.2, -0.15) is 0 Å². The number of nitrogens with one attached hydrogen (secondary N) is 1. The van der Waals surface area contributed by atoms with Crippen LogP contribution >= 0.6 is 0 Å². The van der Waals surface area contributed by atoms with Crippen molar-refractivity contribution in [2.45, 2.75) is 45.7 Å². The standard InChI is InChI=1S/C17H27N3O/c1-17(2,3)19-12-14-6-4-5-7-15(14)20-10-8-13(9-11-20)16(18)21/h4-7,13,19H,8-12H2,1-3H3,(H2,18,21). The van der Waals surface area contributed by atoms with Crippen LogP contribution in [-0.2, 0) is 11.3 Å². The lowest BCUT2D eigenvalue weighted by Gasteiger charge is -2.34. The summed E-state index contributed by atoms with van der Waals surface area (Å²) in [6.07, 6.45) is 1.72. The van der Waals surface area contributed by atoms with Gasteiger partial charge in [-0.25, -0.2) is 0 Å². The predicted molar refractivity (Wildman–Crippen MR) is 87.2 cm³/mol. The molecule has 0 aliphatic carbocycles. The van der Waals surface area contributed by atoms with E-state index in [1.165, 1.54) is 11.3 Å². The average molecular weight is 289 g/mol. The smallest absolute Gasteiger partial charge is 0.220 e. The molecule has 4 nitrogen and oxygen atoms in total. The van der Waals surface area contributed by atoms with Crippen molar-refractivity contribution in [3.63, 3.8) is 0 Å². The molecule has 0 bridgehead atoms.